The summed E-state index contributed by atoms with van der Waals surface area (Å²) < 4.78 is 0.0301. The zero-order valence-corrected chi connectivity index (χ0v) is 11.6. The van der Waals surface area contributed by atoms with E-state index in [2.05, 4.69) is 23.8 Å². The molecule has 2 rings (SSSR count). The molecule has 0 atom stereocenters. The molecule has 0 aliphatic carbocycles. The minimum atomic E-state index is -1.15. The minimum Gasteiger partial charge on any atom is -0.476 e. The van der Waals surface area contributed by atoms with Gasteiger partial charge in [0.25, 0.3) is 5.91 Å². The van der Waals surface area contributed by atoms with E-state index in [4.69, 9.17) is 5.11 Å². The van der Waals surface area contributed by atoms with Crippen molar-refractivity contribution < 1.29 is 14.7 Å². The maximum Gasteiger partial charge on any atom is 0.356 e. The first-order chi connectivity index (χ1) is 8.89. The first-order valence-electron chi connectivity index (χ1n) is 5.88. The van der Waals surface area contributed by atoms with E-state index >= 15 is 0 Å². The maximum absolute atomic E-state index is 12.2. The number of nitrogens with zero attached hydrogens (tertiary/aromatic N) is 3. The van der Waals surface area contributed by atoms with Crippen LogP contribution in [0.2, 0.25) is 0 Å². The largest absolute Gasteiger partial charge is 0.476 e. The molecule has 0 aromatic carbocycles. The van der Waals surface area contributed by atoms with Crippen LogP contribution < -0.4 is 0 Å². The lowest BCUT2D eigenvalue weighted by molar-refractivity contribution is 0.0685. The van der Waals surface area contributed by atoms with Crippen molar-refractivity contribution in [3.63, 3.8) is 0 Å². The zero-order valence-electron chi connectivity index (χ0n) is 10.8. The van der Waals surface area contributed by atoms with E-state index in [1.54, 1.807) is 4.90 Å². The summed E-state index contributed by atoms with van der Waals surface area (Å²) in [5.74, 6) is -0.459. The van der Waals surface area contributed by atoms with Gasteiger partial charge in [0.05, 0.1) is 12.4 Å². The van der Waals surface area contributed by atoms with Gasteiger partial charge in [0.1, 0.15) is 5.69 Å². The summed E-state index contributed by atoms with van der Waals surface area (Å²) in [7, 11) is 0. The monoisotopic (exact) mass is 281 g/mol. The van der Waals surface area contributed by atoms with Gasteiger partial charge >= 0.3 is 5.97 Å². The van der Waals surface area contributed by atoms with Crippen molar-refractivity contribution in [2.24, 2.45) is 0 Å². The number of rotatable bonds is 2. The van der Waals surface area contributed by atoms with Gasteiger partial charge in [-0.05, 0) is 13.8 Å². The van der Waals surface area contributed by atoms with Crippen LogP contribution in [0, 0.1) is 0 Å². The first kappa shape index (κ1) is 13.8. The molecule has 1 aromatic heterocycles. The van der Waals surface area contributed by atoms with Crippen molar-refractivity contribution in [1.82, 2.24) is 14.9 Å². The van der Waals surface area contributed by atoms with E-state index in [1.807, 2.05) is 11.8 Å². The van der Waals surface area contributed by atoms with Gasteiger partial charge in [-0.15, -0.1) is 0 Å². The molecule has 1 aliphatic rings. The number of carboxylic acids is 1. The SMILES string of the molecule is CC1(C)CN(C(=O)c2cnc(C(=O)O)cn2)CCS1. The maximum atomic E-state index is 12.2. The predicted molar refractivity (Wildman–Crippen MR) is 71.4 cm³/mol. The highest BCUT2D eigenvalue weighted by Crippen LogP contribution is 2.29. The second kappa shape index (κ2) is 5.16. The molecule has 1 aromatic rings. The Bertz CT molecular complexity index is 501. The van der Waals surface area contributed by atoms with Crippen LogP contribution in [0.4, 0.5) is 0 Å². The number of hydrogen-bond donors (Lipinski definition) is 1. The average Bonchev–Trinajstić information content (AvgIpc) is 2.37. The number of carbonyl (C=O) groups is 2. The van der Waals surface area contributed by atoms with E-state index in [0.717, 1.165) is 11.9 Å². The van der Waals surface area contributed by atoms with Crippen LogP contribution >= 0.6 is 11.8 Å². The third-order valence-corrected chi connectivity index (χ3v) is 4.10. The fraction of sp³-hybridized carbons (Fsp3) is 0.500. The lowest BCUT2D eigenvalue weighted by atomic mass is 10.2. The molecule has 1 fully saturated rings. The Hall–Kier alpha value is -1.63. The van der Waals surface area contributed by atoms with Gasteiger partial charge in [0, 0.05) is 23.6 Å². The summed E-state index contributed by atoms with van der Waals surface area (Å²) in [6, 6.07) is 0. The molecule has 0 spiro atoms. The fourth-order valence-corrected chi connectivity index (χ4v) is 3.01. The van der Waals surface area contributed by atoms with Crippen LogP contribution in [0.3, 0.4) is 0 Å². The van der Waals surface area contributed by atoms with E-state index in [-0.39, 0.29) is 22.0 Å². The highest BCUT2D eigenvalue weighted by Gasteiger charge is 2.30. The Kier molecular flexibility index (Phi) is 3.75. The molecule has 0 radical (unpaired) electrons. The number of aromatic nitrogens is 2. The summed E-state index contributed by atoms with van der Waals surface area (Å²) in [5.41, 5.74) is 0.0266. The molecule has 1 N–H and O–H groups in total. The number of amides is 1. The second-order valence-electron chi connectivity index (χ2n) is 4.93. The van der Waals surface area contributed by atoms with Gasteiger partial charge in [-0.2, -0.15) is 11.8 Å². The topological polar surface area (TPSA) is 83.4 Å². The zero-order chi connectivity index (χ0) is 14.0. The summed E-state index contributed by atoms with van der Waals surface area (Å²) >= 11 is 1.84. The molecular weight excluding hydrogens is 266 g/mol. The molecule has 1 aliphatic heterocycles. The number of carboxylic acid groups (broad SMARTS) is 1. The van der Waals surface area contributed by atoms with Crippen molar-refractivity contribution in [2.45, 2.75) is 18.6 Å². The molecule has 0 bridgehead atoms. The minimum absolute atomic E-state index is 0.0301. The Labute approximate surface area is 115 Å². The van der Waals surface area contributed by atoms with Gasteiger partial charge in [0.15, 0.2) is 5.69 Å². The lowest BCUT2D eigenvalue weighted by Gasteiger charge is -2.37. The Morgan fingerprint density at radius 1 is 1.32 bits per heavy atom. The molecule has 1 saturated heterocycles. The van der Waals surface area contributed by atoms with Gasteiger partial charge in [-0.1, -0.05) is 0 Å². The molecule has 19 heavy (non-hydrogen) atoms. The lowest BCUT2D eigenvalue weighted by Crippen LogP contribution is -2.46. The summed E-state index contributed by atoms with van der Waals surface area (Å²) in [6.07, 6.45) is 2.33. The normalized spacial score (nSPS) is 18.1. The van der Waals surface area contributed by atoms with E-state index in [1.165, 1.54) is 6.20 Å². The highest BCUT2D eigenvalue weighted by molar-refractivity contribution is 8.00. The van der Waals surface area contributed by atoms with Crippen LogP contribution in [0.5, 0.6) is 0 Å². The quantitative estimate of drug-likeness (QED) is 0.875. The van der Waals surface area contributed by atoms with Gasteiger partial charge in [-0.3, -0.25) is 4.79 Å². The standard InChI is InChI=1S/C12H15N3O3S/c1-12(2)7-15(3-4-19-12)10(16)8-5-14-9(6-13-8)11(17)18/h5-6H,3-4,7H2,1-2H3,(H,17,18). The molecule has 0 unspecified atom stereocenters. The molecular formula is C12H15N3O3S. The highest BCUT2D eigenvalue weighted by atomic mass is 32.2. The Morgan fingerprint density at radius 3 is 2.47 bits per heavy atom. The van der Waals surface area contributed by atoms with Crippen LogP contribution in [0.1, 0.15) is 34.8 Å². The Morgan fingerprint density at radius 2 is 1.95 bits per heavy atom. The van der Waals surface area contributed by atoms with Gasteiger partial charge < -0.3 is 10.0 Å². The van der Waals surface area contributed by atoms with Crippen molar-refractivity contribution in [3.8, 4) is 0 Å². The van der Waals surface area contributed by atoms with Crippen molar-refractivity contribution in [3.05, 3.63) is 23.8 Å². The van der Waals surface area contributed by atoms with E-state index < -0.39 is 5.97 Å². The summed E-state index contributed by atoms with van der Waals surface area (Å²) in [4.78, 5) is 32.2. The molecule has 2 heterocycles. The van der Waals surface area contributed by atoms with Crippen molar-refractivity contribution >= 4 is 23.6 Å². The number of carbonyl (C=O) groups excluding carboxylic acids is 1. The Balaban J connectivity index is 2.13. The number of thioether (sulfide) groups is 1. The van der Waals surface area contributed by atoms with Crippen LogP contribution in [0.15, 0.2) is 12.4 Å². The molecule has 6 nitrogen and oxygen atoms in total. The van der Waals surface area contributed by atoms with Crippen LogP contribution in [0.25, 0.3) is 0 Å². The summed E-state index contributed by atoms with van der Waals surface area (Å²) in [6.45, 7) is 5.51. The molecule has 1 amide bonds. The second-order valence-corrected chi connectivity index (χ2v) is 6.73. The van der Waals surface area contributed by atoms with Gasteiger partial charge in [-0.25, -0.2) is 14.8 Å². The van der Waals surface area contributed by atoms with Crippen LogP contribution in [-0.4, -0.2) is 55.4 Å². The molecule has 7 heteroatoms. The number of aromatic carboxylic acids is 1. The van der Waals surface area contributed by atoms with Crippen molar-refractivity contribution in [2.75, 3.05) is 18.8 Å². The summed E-state index contributed by atoms with van der Waals surface area (Å²) in [5, 5.41) is 8.73. The predicted octanol–water partition coefficient (Wildman–Crippen LogP) is 1.14. The molecule has 102 valence electrons. The third kappa shape index (κ3) is 3.23. The van der Waals surface area contributed by atoms with E-state index in [0.29, 0.717) is 13.1 Å². The number of hydrogen-bond acceptors (Lipinski definition) is 5. The smallest absolute Gasteiger partial charge is 0.356 e. The van der Waals surface area contributed by atoms with Crippen LogP contribution in [-0.2, 0) is 0 Å². The third-order valence-electron chi connectivity index (χ3n) is 2.80. The molecule has 0 saturated carbocycles. The average molecular weight is 281 g/mol. The van der Waals surface area contributed by atoms with Crippen molar-refractivity contribution in [1.29, 1.82) is 0 Å². The fourth-order valence-electron chi connectivity index (χ4n) is 1.90. The van der Waals surface area contributed by atoms with E-state index in [9.17, 15) is 9.59 Å². The van der Waals surface area contributed by atoms with Gasteiger partial charge in [0.2, 0.25) is 0 Å². The first-order valence-corrected chi connectivity index (χ1v) is 6.86.